The van der Waals surface area contributed by atoms with Crippen molar-refractivity contribution in [3.05, 3.63) is 20.7 Å². The van der Waals surface area contributed by atoms with Gasteiger partial charge in [-0.15, -0.1) is 0 Å². The summed E-state index contributed by atoms with van der Waals surface area (Å²) in [6.07, 6.45) is 7.29. The average Bonchev–Trinajstić information content (AvgIpc) is 2.83. The molecular formula is C11H12ClIN2. The molecule has 3 atom stereocenters. The van der Waals surface area contributed by atoms with Gasteiger partial charge in [0.25, 0.3) is 0 Å². The van der Waals surface area contributed by atoms with Gasteiger partial charge in [0, 0.05) is 12.1 Å². The quantitative estimate of drug-likeness (QED) is 0.579. The van der Waals surface area contributed by atoms with Crippen LogP contribution in [0.4, 0.5) is 0 Å². The molecule has 2 aliphatic carbocycles. The highest BCUT2D eigenvalue weighted by Crippen LogP contribution is 2.52. The lowest BCUT2D eigenvalue weighted by molar-refractivity contribution is 0.405. The summed E-state index contributed by atoms with van der Waals surface area (Å²) in [7, 11) is 0. The summed E-state index contributed by atoms with van der Waals surface area (Å²) in [6.45, 7) is 0. The van der Waals surface area contributed by atoms with Gasteiger partial charge in [-0.25, -0.2) is 9.97 Å². The van der Waals surface area contributed by atoms with Crippen LogP contribution < -0.4 is 0 Å². The van der Waals surface area contributed by atoms with Crippen LogP contribution in [0.25, 0.3) is 0 Å². The van der Waals surface area contributed by atoms with E-state index in [-0.39, 0.29) is 0 Å². The Bertz CT molecular complexity index is 396. The zero-order chi connectivity index (χ0) is 10.4. The topological polar surface area (TPSA) is 25.8 Å². The highest BCUT2D eigenvalue weighted by Gasteiger charge is 2.41. The number of nitrogens with zero attached hydrogens (tertiary/aromatic N) is 2. The molecular weight excluding hydrogens is 322 g/mol. The largest absolute Gasteiger partial charge is 0.240 e. The minimum atomic E-state index is 0.582. The first-order valence-corrected chi connectivity index (χ1v) is 6.87. The van der Waals surface area contributed by atoms with Crippen LogP contribution in [0.15, 0.2) is 6.20 Å². The second-order valence-corrected chi connectivity index (χ2v) is 6.17. The van der Waals surface area contributed by atoms with Crippen LogP contribution in [0.3, 0.4) is 0 Å². The van der Waals surface area contributed by atoms with Gasteiger partial charge in [-0.05, 0) is 53.7 Å². The molecule has 0 aliphatic heterocycles. The molecule has 3 rings (SSSR count). The highest BCUT2D eigenvalue weighted by molar-refractivity contribution is 14.1. The van der Waals surface area contributed by atoms with Gasteiger partial charge in [0.05, 0.1) is 3.57 Å². The maximum atomic E-state index is 6.04. The fourth-order valence-corrected chi connectivity index (χ4v) is 3.49. The van der Waals surface area contributed by atoms with E-state index in [4.69, 9.17) is 11.6 Å². The second kappa shape index (κ2) is 3.84. The summed E-state index contributed by atoms with van der Waals surface area (Å²) in [4.78, 5) is 8.86. The van der Waals surface area contributed by atoms with Crippen LogP contribution in [0, 0.1) is 15.4 Å². The number of rotatable bonds is 1. The normalized spacial score (nSPS) is 33.6. The Morgan fingerprint density at radius 2 is 2.20 bits per heavy atom. The third kappa shape index (κ3) is 1.78. The summed E-state index contributed by atoms with van der Waals surface area (Å²) in [5.41, 5.74) is 0. The van der Waals surface area contributed by atoms with E-state index in [0.717, 1.165) is 21.2 Å². The smallest absolute Gasteiger partial charge is 0.146 e. The van der Waals surface area contributed by atoms with Crippen molar-refractivity contribution in [1.29, 1.82) is 0 Å². The average molecular weight is 335 g/mol. The molecule has 0 saturated heterocycles. The first kappa shape index (κ1) is 10.3. The minimum Gasteiger partial charge on any atom is -0.240 e. The van der Waals surface area contributed by atoms with E-state index in [2.05, 4.69) is 32.6 Å². The molecule has 4 heteroatoms. The van der Waals surface area contributed by atoms with Gasteiger partial charge < -0.3 is 0 Å². The van der Waals surface area contributed by atoms with Crippen LogP contribution in [-0.4, -0.2) is 9.97 Å². The monoisotopic (exact) mass is 334 g/mol. The lowest BCUT2D eigenvalue weighted by Gasteiger charge is -2.20. The second-order valence-electron chi connectivity index (χ2n) is 4.65. The molecule has 0 radical (unpaired) electrons. The molecule has 2 fully saturated rings. The summed E-state index contributed by atoms with van der Waals surface area (Å²) in [5.74, 6) is 3.32. The zero-order valence-electron chi connectivity index (χ0n) is 8.29. The van der Waals surface area contributed by atoms with Crippen LogP contribution in [0.1, 0.15) is 37.4 Å². The molecule has 80 valence electrons. The Hall–Kier alpha value is 0.100. The molecule has 0 N–H and O–H groups in total. The van der Waals surface area contributed by atoms with Crippen molar-refractivity contribution < 1.29 is 0 Å². The number of halogens is 2. The zero-order valence-corrected chi connectivity index (χ0v) is 11.2. The first-order valence-electron chi connectivity index (χ1n) is 5.42. The van der Waals surface area contributed by atoms with Crippen LogP contribution in [0.5, 0.6) is 0 Å². The van der Waals surface area contributed by atoms with Crippen molar-refractivity contribution in [2.75, 3.05) is 0 Å². The number of hydrogen-bond donors (Lipinski definition) is 0. The van der Waals surface area contributed by atoms with Crippen LogP contribution in [0.2, 0.25) is 5.15 Å². The molecule has 0 aromatic carbocycles. The Morgan fingerprint density at radius 3 is 2.80 bits per heavy atom. The van der Waals surface area contributed by atoms with Gasteiger partial charge >= 0.3 is 0 Å². The van der Waals surface area contributed by atoms with E-state index in [0.29, 0.717) is 11.1 Å². The van der Waals surface area contributed by atoms with Crippen LogP contribution >= 0.6 is 34.2 Å². The standard InChI is InChI=1S/C11H12ClIN2/c12-10-9(13)5-14-11(15-10)8-4-6-1-2-7(8)3-6/h5-8H,1-4H2. The summed E-state index contributed by atoms with van der Waals surface area (Å²) < 4.78 is 0.946. The van der Waals surface area contributed by atoms with Crippen molar-refractivity contribution in [3.63, 3.8) is 0 Å². The van der Waals surface area contributed by atoms with E-state index in [1.165, 1.54) is 25.7 Å². The van der Waals surface area contributed by atoms with Gasteiger partial charge in [0.15, 0.2) is 0 Å². The molecule has 3 unspecified atom stereocenters. The molecule has 2 saturated carbocycles. The fraction of sp³-hybridized carbons (Fsp3) is 0.636. The van der Waals surface area contributed by atoms with E-state index in [9.17, 15) is 0 Å². The highest BCUT2D eigenvalue weighted by atomic mass is 127. The van der Waals surface area contributed by atoms with Gasteiger partial charge in [-0.1, -0.05) is 18.0 Å². The van der Waals surface area contributed by atoms with E-state index in [1.54, 1.807) is 0 Å². The molecule has 1 aromatic heterocycles. The molecule has 2 aliphatic rings. The van der Waals surface area contributed by atoms with Gasteiger partial charge in [-0.2, -0.15) is 0 Å². The van der Waals surface area contributed by atoms with Gasteiger partial charge in [0.2, 0.25) is 0 Å². The van der Waals surface area contributed by atoms with Gasteiger partial charge in [0.1, 0.15) is 11.0 Å². The minimum absolute atomic E-state index is 0.582. The van der Waals surface area contributed by atoms with Gasteiger partial charge in [-0.3, -0.25) is 0 Å². The number of hydrogen-bond acceptors (Lipinski definition) is 2. The predicted octanol–water partition coefficient (Wildman–Crippen LogP) is 3.64. The number of aromatic nitrogens is 2. The third-order valence-electron chi connectivity index (χ3n) is 3.79. The fourth-order valence-electron chi connectivity index (χ4n) is 3.10. The lowest BCUT2D eigenvalue weighted by Crippen LogP contribution is -2.12. The molecule has 0 amide bonds. The van der Waals surface area contributed by atoms with E-state index < -0.39 is 0 Å². The van der Waals surface area contributed by atoms with Crippen molar-refractivity contribution >= 4 is 34.2 Å². The van der Waals surface area contributed by atoms with Crippen molar-refractivity contribution in [2.24, 2.45) is 11.8 Å². The first-order chi connectivity index (χ1) is 7.24. The summed E-state index contributed by atoms with van der Waals surface area (Å²) >= 11 is 8.21. The molecule has 1 aromatic rings. The Morgan fingerprint density at radius 1 is 1.33 bits per heavy atom. The Kier molecular flexibility index (Phi) is 2.63. The maximum absolute atomic E-state index is 6.04. The van der Waals surface area contributed by atoms with Crippen molar-refractivity contribution in [1.82, 2.24) is 9.97 Å². The van der Waals surface area contributed by atoms with Crippen molar-refractivity contribution in [2.45, 2.75) is 31.6 Å². The molecule has 1 heterocycles. The lowest BCUT2D eigenvalue weighted by atomic mass is 9.88. The summed E-state index contributed by atoms with van der Waals surface area (Å²) in [6, 6.07) is 0. The number of fused-ring (bicyclic) bond motifs is 2. The SMILES string of the molecule is Clc1nc(C2CC3CCC2C3)ncc1I. The molecule has 2 bridgehead atoms. The van der Waals surface area contributed by atoms with E-state index in [1.807, 2.05) is 6.20 Å². The summed E-state index contributed by atoms with van der Waals surface area (Å²) in [5, 5.41) is 0.614. The van der Waals surface area contributed by atoms with Crippen molar-refractivity contribution in [3.8, 4) is 0 Å². The molecule has 2 nitrogen and oxygen atoms in total. The predicted molar refractivity (Wildman–Crippen MR) is 67.9 cm³/mol. The Balaban J connectivity index is 1.90. The third-order valence-corrected chi connectivity index (χ3v) is 5.19. The molecule has 15 heavy (non-hydrogen) atoms. The molecule has 0 spiro atoms. The Labute approximate surface area is 108 Å². The van der Waals surface area contributed by atoms with Crippen LogP contribution in [-0.2, 0) is 0 Å². The maximum Gasteiger partial charge on any atom is 0.146 e. The van der Waals surface area contributed by atoms with E-state index >= 15 is 0 Å².